The van der Waals surface area contributed by atoms with Crippen LogP contribution in [0.2, 0.25) is 0 Å². The second-order valence-electron chi connectivity index (χ2n) is 5.36. The fraction of sp³-hybridized carbons (Fsp3) is 0.500. The van der Waals surface area contributed by atoms with Crippen LogP contribution in [0.4, 0.5) is 18.9 Å². The summed E-state index contributed by atoms with van der Waals surface area (Å²) in [4.78, 5) is 5.40. The Kier molecular flexibility index (Phi) is 4.25. The largest absolute Gasteiger partial charge is 0.409 e. The van der Waals surface area contributed by atoms with Crippen LogP contribution in [0.25, 0.3) is 0 Å². The minimum atomic E-state index is -4.87. The summed E-state index contributed by atoms with van der Waals surface area (Å²) in [5.41, 5.74) is 0.489. The highest BCUT2D eigenvalue weighted by Crippen LogP contribution is 2.42. The second-order valence-corrected chi connectivity index (χ2v) is 7.69. The summed E-state index contributed by atoms with van der Waals surface area (Å²) in [6.45, 7) is 0.720. The first kappa shape index (κ1) is 16.8. The van der Waals surface area contributed by atoms with Gasteiger partial charge in [0.1, 0.15) is 5.84 Å². The first-order valence-corrected chi connectivity index (χ1v) is 8.58. The number of sulfone groups is 1. The lowest BCUT2D eigenvalue weighted by Gasteiger charge is -2.36. The van der Waals surface area contributed by atoms with Crippen LogP contribution in [0.15, 0.2) is 35.3 Å². The van der Waals surface area contributed by atoms with Crippen molar-refractivity contribution in [2.24, 2.45) is 4.99 Å². The third-order valence-electron chi connectivity index (χ3n) is 3.95. The van der Waals surface area contributed by atoms with Crippen molar-refractivity contribution in [3.05, 3.63) is 30.3 Å². The molecule has 0 fully saturated rings. The lowest BCUT2D eigenvalue weighted by atomic mass is 10.0. The van der Waals surface area contributed by atoms with Gasteiger partial charge < -0.3 is 4.90 Å². The topological polar surface area (TPSA) is 49.7 Å². The summed E-state index contributed by atoms with van der Waals surface area (Å²) >= 11 is 0. The first-order valence-electron chi connectivity index (χ1n) is 6.68. The van der Waals surface area contributed by atoms with Crippen LogP contribution in [0.1, 0.15) is 13.3 Å². The minimum absolute atomic E-state index is 0.179. The molecule has 122 valence electrons. The molecule has 1 aromatic carbocycles. The number of aliphatic imine (C=N–C) groups is 1. The van der Waals surface area contributed by atoms with E-state index in [-0.39, 0.29) is 6.54 Å². The molecule has 0 saturated heterocycles. The number of nitrogens with zero attached hydrogens (tertiary/aromatic N) is 2. The van der Waals surface area contributed by atoms with E-state index in [4.69, 9.17) is 0 Å². The molecule has 0 saturated carbocycles. The highest BCUT2D eigenvalue weighted by Gasteiger charge is 2.63. The predicted molar refractivity (Wildman–Crippen MR) is 80.0 cm³/mol. The molecule has 0 bridgehead atoms. The third-order valence-corrected chi connectivity index (χ3v) is 5.94. The molecular formula is C14H17F3N2O2S. The fourth-order valence-electron chi connectivity index (χ4n) is 2.56. The Balaban J connectivity index is 2.57. The van der Waals surface area contributed by atoms with Crippen LogP contribution in [-0.4, -0.2) is 44.5 Å². The molecule has 1 heterocycles. The fourth-order valence-corrected chi connectivity index (χ4v) is 3.81. The number of rotatable bonds is 2. The van der Waals surface area contributed by atoms with E-state index >= 15 is 0 Å². The van der Waals surface area contributed by atoms with E-state index in [9.17, 15) is 21.6 Å². The zero-order chi connectivity index (χ0) is 16.6. The van der Waals surface area contributed by atoms with Crippen LogP contribution in [-0.2, 0) is 9.84 Å². The second kappa shape index (κ2) is 5.57. The van der Waals surface area contributed by atoms with Gasteiger partial charge >= 0.3 is 6.18 Å². The van der Waals surface area contributed by atoms with Crippen molar-refractivity contribution >= 4 is 21.4 Å². The molecule has 0 spiro atoms. The number of para-hydroxylation sites is 1. The SMILES string of the molecule is CC1=NCCC(C(F)(F)F)(S(C)(=O)=O)CN1c1ccccc1. The smallest absolute Gasteiger partial charge is 0.328 e. The number of anilines is 1. The molecule has 0 N–H and O–H groups in total. The molecule has 2 rings (SSSR count). The van der Waals surface area contributed by atoms with Gasteiger partial charge in [-0.2, -0.15) is 13.2 Å². The summed E-state index contributed by atoms with van der Waals surface area (Å²) in [5, 5.41) is 0. The predicted octanol–water partition coefficient (Wildman–Crippen LogP) is 2.66. The molecule has 0 aliphatic carbocycles. The number of hydrogen-bond donors (Lipinski definition) is 0. The van der Waals surface area contributed by atoms with E-state index in [1.807, 2.05) is 0 Å². The Bertz CT molecular complexity index is 671. The van der Waals surface area contributed by atoms with Crippen molar-refractivity contribution in [1.29, 1.82) is 0 Å². The van der Waals surface area contributed by atoms with Gasteiger partial charge in [0.2, 0.25) is 0 Å². The molecule has 1 aliphatic rings. The van der Waals surface area contributed by atoms with Crippen molar-refractivity contribution in [2.75, 3.05) is 24.2 Å². The van der Waals surface area contributed by atoms with Crippen molar-refractivity contribution in [2.45, 2.75) is 24.3 Å². The maximum absolute atomic E-state index is 13.6. The summed E-state index contributed by atoms with van der Waals surface area (Å²) in [6, 6.07) is 8.37. The highest BCUT2D eigenvalue weighted by atomic mass is 32.2. The summed E-state index contributed by atoms with van der Waals surface area (Å²) in [7, 11) is -4.37. The molecule has 1 atom stereocenters. The summed E-state index contributed by atoms with van der Waals surface area (Å²) in [5.74, 6) is 0.376. The molecule has 0 amide bonds. The number of hydrogen-bond acceptors (Lipinski definition) is 4. The number of halogens is 3. The van der Waals surface area contributed by atoms with Crippen LogP contribution in [0.5, 0.6) is 0 Å². The van der Waals surface area contributed by atoms with E-state index in [1.165, 1.54) is 4.90 Å². The van der Waals surface area contributed by atoms with Gasteiger partial charge in [-0.15, -0.1) is 0 Å². The molecular weight excluding hydrogens is 317 g/mol. The Morgan fingerprint density at radius 3 is 2.32 bits per heavy atom. The van der Waals surface area contributed by atoms with Crippen LogP contribution in [0, 0.1) is 0 Å². The van der Waals surface area contributed by atoms with Gasteiger partial charge in [0.25, 0.3) is 0 Å². The molecule has 8 heteroatoms. The van der Waals surface area contributed by atoms with Crippen LogP contribution < -0.4 is 4.90 Å². The van der Waals surface area contributed by atoms with E-state index < -0.39 is 33.7 Å². The molecule has 22 heavy (non-hydrogen) atoms. The maximum Gasteiger partial charge on any atom is 0.409 e. The molecule has 1 aliphatic heterocycles. The van der Waals surface area contributed by atoms with E-state index in [0.29, 0.717) is 17.8 Å². The highest BCUT2D eigenvalue weighted by molar-refractivity contribution is 7.92. The van der Waals surface area contributed by atoms with Crippen molar-refractivity contribution in [3.63, 3.8) is 0 Å². The number of alkyl halides is 3. The quantitative estimate of drug-likeness (QED) is 0.835. The van der Waals surface area contributed by atoms with E-state index in [1.54, 1.807) is 37.3 Å². The average Bonchev–Trinajstić information content (AvgIpc) is 2.58. The van der Waals surface area contributed by atoms with E-state index in [0.717, 1.165) is 0 Å². The monoisotopic (exact) mass is 334 g/mol. The van der Waals surface area contributed by atoms with Crippen molar-refractivity contribution in [3.8, 4) is 0 Å². The standard InChI is InChI=1S/C14H17F3N2O2S/c1-11-18-9-8-13(14(15,16)17,22(2,20)21)10-19(11)12-6-4-3-5-7-12/h3-7H,8-10H2,1-2H3. The maximum atomic E-state index is 13.6. The van der Waals surface area contributed by atoms with Crippen LogP contribution in [0.3, 0.4) is 0 Å². The zero-order valence-electron chi connectivity index (χ0n) is 12.3. The van der Waals surface area contributed by atoms with Gasteiger partial charge in [-0.3, -0.25) is 4.99 Å². The molecule has 0 radical (unpaired) electrons. The van der Waals surface area contributed by atoms with Gasteiger partial charge in [0.15, 0.2) is 14.6 Å². The zero-order valence-corrected chi connectivity index (χ0v) is 13.1. The van der Waals surface area contributed by atoms with Crippen molar-refractivity contribution < 1.29 is 21.6 Å². The normalized spacial score (nSPS) is 23.9. The van der Waals surface area contributed by atoms with E-state index in [2.05, 4.69) is 4.99 Å². The Labute approximate surface area is 127 Å². The first-order chi connectivity index (χ1) is 10.1. The molecule has 1 unspecified atom stereocenters. The average molecular weight is 334 g/mol. The van der Waals surface area contributed by atoms with Gasteiger partial charge in [-0.1, -0.05) is 18.2 Å². The Morgan fingerprint density at radius 2 is 1.82 bits per heavy atom. The van der Waals surface area contributed by atoms with Crippen molar-refractivity contribution in [1.82, 2.24) is 0 Å². The Hall–Kier alpha value is -1.57. The Morgan fingerprint density at radius 1 is 1.23 bits per heavy atom. The molecule has 0 aromatic heterocycles. The van der Waals surface area contributed by atoms with Gasteiger partial charge in [0.05, 0.1) is 6.54 Å². The van der Waals surface area contributed by atoms with Gasteiger partial charge in [-0.25, -0.2) is 8.42 Å². The molecule has 1 aromatic rings. The number of benzene rings is 1. The summed E-state index contributed by atoms with van der Waals surface area (Å²) < 4.78 is 62.1. The lowest BCUT2D eigenvalue weighted by molar-refractivity contribution is -0.159. The third kappa shape index (κ3) is 2.84. The molecule has 4 nitrogen and oxygen atoms in total. The van der Waals surface area contributed by atoms with Crippen LogP contribution >= 0.6 is 0 Å². The van der Waals surface area contributed by atoms with Gasteiger partial charge in [-0.05, 0) is 25.5 Å². The summed E-state index contributed by atoms with van der Waals surface area (Å²) in [6.07, 6.45) is -4.80. The number of amidine groups is 1. The minimum Gasteiger partial charge on any atom is -0.328 e. The van der Waals surface area contributed by atoms with Gasteiger partial charge in [0, 0.05) is 18.5 Å². The lowest BCUT2D eigenvalue weighted by Crippen LogP contribution is -2.58.